The van der Waals surface area contributed by atoms with Crippen LogP contribution in [0, 0.1) is 5.92 Å². The summed E-state index contributed by atoms with van der Waals surface area (Å²) in [7, 11) is 0. The molecule has 2 aromatic carbocycles. The fourth-order valence-corrected chi connectivity index (χ4v) is 3.33. The zero-order valence-electron chi connectivity index (χ0n) is 13.8. The van der Waals surface area contributed by atoms with Crippen LogP contribution in [0.2, 0.25) is 0 Å². The fourth-order valence-electron chi connectivity index (χ4n) is 3.33. The lowest BCUT2D eigenvalue weighted by Gasteiger charge is -2.24. The Kier molecular flexibility index (Phi) is 6.67. The van der Waals surface area contributed by atoms with Crippen molar-refractivity contribution < 1.29 is 5.11 Å². The molecule has 1 N–H and O–H groups in total. The Labute approximate surface area is 135 Å². The first-order valence-electron chi connectivity index (χ1n) is 8.45. The molecule has 0 aliphatic carbocycles. The van der Waals surface area contributed by atoms with E-state index in [-0.39, 0.29) is 6.61 Å². The molecule has 0 heterocycles. The molecule has 0 spiro atoms. The van der Waals surface area contributed by atoms with E-state index < -0.39 is 0 Å². The molecule has 0 saturated heterocycles. The second kappa shape index (κ2) is 8.75. The molecule has 2 aromatic rings. The molecule has 0 amide bonds. The minimum absolute atomic E-state index is 0.278. The lowest BCUT2D eigenvalue weighted by Crippen LogP contribution is -2.14. The van der Waals surface area contributed by atoms with Gasteiger partial charge in [0.15, 0.2) is 0 Å². The fraction of sp³-hybridized carbons (Fsp3) is 0.429. The largest absolute Gasteiger partial charge is 0.396 e. The van der Waals surface area contributed by atoms with Gasteiger partial charge in [0.1, 0.15) is 0 Å². The average molecular weight is 296 g/mol. The minimum atomic E-state index is 0.278. The Hall–Kier alpha value is -1.60. The minimum Gasteiger partial charge on any atom is -0.396 e. The number of aliphatic hydroxyl groups is 1. The van der Waals surface area contributed by atoms with Crippen LogP contribution < -0.4 is 0 Å². The predicted molar refractivity (Wildman–Crippen MR) is 94.1 cm³/mol. The maximum atomic E-state index is 9.81. The predicted octanol–water partition coefficient (Wildman–Crippen LogP) is 5.37. The van der Waals surface area contributed by atoms with Crippen molar-refractivity contribution in [3.8, 4) is 0 Å². The van der Waals surface area contributed by atoms with Crippen molar-refractivity contribution in [1.29, 1.82) is 0 Å². The van der Waals surface area contributed by atoms with Crippen LogP contribution in [0.4, 0.5) is 0 Å². The first-order chi connectivity index (χ1) is 10.7. The summed E-state index contributed by atoms with van der Waals surface area (Å²) in [6.45, 7) is 4.79. The number of aliphatic hydroxyl groups excluding tert-OH is 1. The van der Waals surface area contributed by atoms with Gasteiger partial charge in [-0.2, -0.15) is 0 Å². The van der Waals surface area contributed by atoms with Gasteiger partial charge in [-0.05, 0) is 48.1 Å². The van der Waals surface area contributed by atoms with Gasteiger partial charge in [-0.3, -0.25) is 0 Å². The summed E-state index contributed by atoms with van der Waals surface area (Å²) in [5, 5.41) is 9.81. The number of hydrogen-bond acceptors (Lipinski definition) is 1. The van der Waals surface area contributed by atoms with Gasteiger partial charge in [0.2, 0.25) is 0 Å². The van der Waals surface area contributed by atoms with E-state index in [0.29, 0.717) is 17.8 Å². The maximum absolute atomic E-state index is 9.81. The van der Waals surface area contributed by atoms with Crippen molar-refractivity contribution in [2.24, 2.45) is 5.92 Å². The van der Waals surface area contributed by atoms with Crippen LogP contribution in [-0.2, 0) is 0 Å². The van der Waals surface area contributed by atoms with Crippen molar-refractivity contribution in [1.82, 2.24) is 0 Å². The molecular formula is C21H28O. The highest BCUT2D eigenvalue weighted by molar-refractivity contribution is 5.20. The summed E-state index contributed by atoms with van der Waals surface area (Å²) < 4.78 is 0. The van der Waals surface area contributed by atoms with Gasteiger partial charge in [0, 0.05) is 6.61 Å². The molecule has 0 saturated carbocycles. The van der Waals surface area contributed by atoms with Crippen LogP contribution in [0.5, 0.6) is 0 Å². The molecule has 22 heavy (non-hydrogen) atoms. The van der Waals surface area contributed by atoms with Crippen molar-refractivity contribution >= 4 is 0 Å². The molecule has 2 rings (SSSR count). The van der Waals surface area contributed by atoms with Crippen molar-refractivity contribution in [3.63, 3.8) is 0 Å². The Bertz CT molecular complexity index is 520. The molecule has 0 aliphatic heterocycles. The zero-order chi connectivity index (χ0) is 15.8. The standard InChI is InChI=1S/C21H28O/c1-3-19(21-12-8-5-9-13-21)15-18(16-22)14-17(2)20-10-6-4-7-11-20/h4-13,17-19,22H,3,14-16H2,1-2H3. The van der Waals surface area contributed by atoms with E-state index in [9.17, 15) is 5.11 Å². The van der Waals surface area contributed by atoms with Crippen LogP contribution in [0.15, 0.2) is 60.7 Å². The van der Waals surface area contributed by atoms with Crippen LogP contribution in [0.3, 0.4) is 0 Å². The highest BCUT2D eigenvalue weighted by Crippen LogP contribution is 2.32. The lowest BCUT2D eigenvalue weighted by molar-refractivity contribution is 0.196. The lowest BCUT2D eigenvalue weighted by atomic mass is 9.82. The summed E-state index contributed by atoms with van der Waals surface area (Å²) in [4.78, 5) is 0. The highest BCUT2D eigenvalue weighted by Gasteiger charge is 2.19. The van der Waals surface area contributed by atoms with E-state index in [1.807, 2.05) is 0 Å². The summed E-state index contributed by atoms with van der Waals surface area (Å²) in [6.07, 6.45) is 3.23. The quantitative estimate of drug-likeness (QED) is 0.694. The topological polar surface area (TPSA) is 20.2 Å². The molecular weight excluding hydrogens is 268 g/mol. The monoisotopic (exact) mass is 296 g/mol. The zero-order valence-corrected chi connectivity index (χ0v) is 13.8. The maximum Gasteiger partial charge on any atom is 0.0459 e. The van der Waals surface area contributed by atoms with Crippen LogP contribution in [-0.4, -0.2) is 11.7 Å². The molecule has 0 aliphatic rings. The second-order valence-corrected chi connectivity index (χ2v) is 6.35. The SMILES string of the molecule is CCC(CC(CO)CC(C)c1ccccc1)c1ccccc1. The molecule has 0 radical (unpaired) electrons. The molecule has 118 valence electrons. The van der Waals surface area contributed by atoms with E-state index in [0.717, 1.165) is 19.3 Å². The van der Waals surface area contributed by atoms with E-state index >= 15 is 0 Å². The van der Waals surface area contributed by atoms with E-state index in [4.69, 9.17) is 0 Å². The van der Waals surface area contributed by atoms with E-state index in [1.54, 1.807) is 0 Å². The third-order valence-corrected chi connectivity index (χ3v) is 4.70. The highest BCUT2D eigenvalue weighted by atomic mass is 16.3. The smallest absolute Gasteiger partial charge is 0.0459 e. The summed E-state index contributed by atoms with van der Waals surface area (Å²) in [5.41, 5.74) is 2.77. The summed E-state index contributed by atoms with van der Waals surface area (Å²) in [6, 6.07) is 21.3. The second-order valence-electron chi connectivity index (χ2n) is 6.35. The van der Waals surface area contributed by atoms with Gasteiger partial charge in [0.05, 0.1) is 0 Å². The Morgan fingerprint density at radius 3 is 1.86 bits per heavy atom. The van der Waals surface area contributed by atoms with Crippen LogP contribution in [0.1, 0.15) is 56.1 Å². The molecule has 3 unspecified atom stereocenters. The Morgan fingerprint density at radius 1 is 0.818 bits per heavy atom. The van der Waals surface area contributed by atoms with Crippen molar-refractivity contribution in [3.05, 3.63) is 71.8 Å². The van der Waals surface area contributed by atoms with Gasteiger partial charge < -0.3 is 5.11 Å². The Morgan fingerprint density at radius 2 is 1.36 bits per heavy atom. The van der Waals surface area contributed by atoms with Crippen molar-refractivity contribution in [2.45, 2.75) is 44.9 Å². The molecule has 0 aromatic heterocycles. The Balaban J connectivity index is 1.99. The van der Waals surface area contributed by atoms with Gasteiger partial charge in [-0.25, -0.2) is 0 Å². The van der Waals surface area contributed by atoms with Crippen LogP contribution in [0.25, 0.3) is 0 Å². The molecule has 1 nitrogen and oxygen atoms in total. The van der Waals surface area contributed by atoms with Crippen LogP contribution >= 0.6 is 0 Å². The van der Waals surface area contributed by atoms with Gasteiger partial charge in [0.25, 0.3) is 0 Å². The molecule has 3 atom stereocenters. The normalized spacial score (nSPS) is 15.2. The number of hydrogen-bond donors (Lipinski definition) is 1. The molecule has 1 heteroatoms. The third-order valence-electron chi connectivity index (χ3n) is 4.70. The first-order valence-corrected chi connectivity index (χ1v) is 8.45. The average Bonchev–Trinajstić information content (AvgIpc) is 2.60. The molecule has 0 bridgehead atoms. The first kappa shape index (κ1) is 16.8. The number of rotatable bonds is 8. The van der Waals surface area contributed by atoms with Gasteiger partial charge in [-0.15, -0.1) is 0 Å². The van der Waals surface area contributed by atoms with E-state index in [1.165, 1.54) is 11.1 Å². The summed E-state index contributed by atoms with van der Waals surface area (Å²) >= 11 is 0. The van der Waals surface area contributed by atoms with Crippen molar-refractivity contribution in [2.75, 3.05) is 6.61 Å². The molecule has 0 fully saturated rings. The van der Waals surface area contributed by atoms with E-state index in [2.05, 4.69) is 74.5 Å². The summed E-state index contributed by atoms with van der Waals surface area (Å²) in [5.74, 6) is 1.40. The number of benzene rings is 2. The third kappa shape index (κ3) is 4.71. The van der Waals surface area contributed by atoms with Gasteiger partial charge in [-0.1, -0.05) is 74.5 Å². The van der Waals surface area contributed by atoms with Gasteiger partial charge >= 0.3 is 0 Å².